The first-order chi connectivity index (χ1) is 6.09. The lowest BCUT2D eigenvalue weighted by Gasteiger charge is -1.98. The molecule has 1 aromatic rings. The predicted octanol–water partition coefficient (Wildman–Crippen LogP) is 2.65. The fraction of sp³-hybridized carbons (Fsp3) is 0.100. The maximum Gasteiger partial charge on any atom is 0.152 e. The monoisotopic (exact) mass is 196 g/mol. The van der Waals surface area contributed by atoms with Gasteiger partial charge in [0.25, 0.3) is 0 Å². The summed E-state index contributed by atoms with van der Waals surface area (Å²) in [4.78, 5) is 10.6. The van der Waals surface area contributed by atoms with Crippen LogP contribution in [0.15, 0.2) is 24.3 Å². The Morgan fingerprint density at radius 3 is 2.85 bits per heavy atom. The van der Waals surface area contributed by atoms with Crippen LogP contribution in [-0.2, 0) is 4.79 Å². The molecular weight excluding hydrogens is 188 g/mol. The first kappa shape index (κ1) is 9.81. The summed E-state index contributed by atoms with van der Waals surface area (Å²) in [7, 11) is 0. The Morgan fingerprint density at radius 1 is 1.54 bits per heavy atom. The first-order valence-electron chi connectivity index (χ1n) is 3.77. The Kier molecular flexibility index (Phi) is 3.09. The summed E-state index contributed by atoms with van der Waals surface area (Å²) in [6.07, 6.45) is 2.91. The van der Waals surface area contributed by atoms with Gasteiger partial charge in [-0.15, -0.1) is 0 Å². The molecule has 1 N–H and O–H groups in total. The number of aromatic hydroxyl groups is 1. The van der Waals surface area contributed by atoms with E-state index < -0.39 is 0 Å². The van der Waals surface area contributed by atoms with Gasteiger partial charge in [0.15, 0.2) is 5.78 Å². The second-order valence-electron chi connectivity index (χ2n) is 2.65. The Balaban J connectivity index is 3.00. The molecule has 68 valence electrons. The molecule has 13 heavy (non-hydrogen) atoms. The van der Waals surface area contributed by atoms with Gasteiger partial charge in [0.1, 0.15) is 5.75 Å². The minimum absolute atomic E-state index is 0.0700. The number of allylic oxidation sites excluding steroid dienone is 1. The number of hydrogen-bond acceptors (Lipinski definition) is 2. The number of rotatable bonds is 2. The van der Waals surface area contributed by atoms with Crippen LogP contribution in [0.2, 0.25) is 5.02 Å². The van der Waals surface area contributed by atoms with E-state index in [9.17, 15) is 9.90 Å². The number of hydrogen-bond donors (Lipinski definition) is 1. The van der Waals surface area contributed by atoms with Gasteiger partial charge in [0.05, 0.1) is 0 Å². The van der Waals surface area contributed by atoms with Crippen LogP contribution in [0.4, 0.5) is 0 Å². The Bertz CT molecular complexity index is 356. The highest BCUT2D eigenvalue weighted by Gasteiger charge is 1.97. The zero-order valence-corrected chi connectivity index (χ0v) is 7.88. The van der Waals surface area contributed by atoms with Crippen molar-refractivity contribution in [1.82, 2.24) is 0 Å². The molecule has 0 unspecified atom stereocenters. The van der Waals surface area contributed by atoms with Crippen molar-refractivity contribution in [2.75, 3.05) is 0 Å². The second-order valence-corrected chi connectivity index (χ2v) is 3.08. The number of carbonyl (C=O) groups is 1. The van der Waals surface area contributed by atoms with Gasteiger partial charge in [-0.3, -0.25) is 4.79 Å². The van der Waals surface area contributed by atoms with Gasteiger partial charge < -0.3 is 5.11 Å². The van der Waals surface area contributed by atoms with Crippen LogP contribution in [0.25, 0.3) is 6.08 Å². The van der Waals surface area contributed by atoms with Gasteiger partial charge in [0, 0.05) is 10.6 Å². The van der Waals surface area contributed by atoms with Crippen LogP contribution in [0.1, 0.15) is 12.5 Å². The van der Waals surface area contributed by atoms with Crippen LogP contribution < -0.4 is 0 Å². The van der Waals surface area contributed by atoms with E-state index in [2.05, 4.69) is 0 Å². The lowest BCUT2D eigenvalue weighted by Crippen LogP contribution is -1.80. The maximum atomic E-state index is 10.6. The SMILES string of the molecule is CC(=O)/C=C/c1cc(Cl)ccc1O. The molecule has 0 aliphatic rings. The number of benzene rings is 1. The van der Waals surface area contributed by atoms with E-state index in [1.54, 1.807) is 12.1 Å². The van der Waals surface area contributed by atoms with E-state index in [4.69, 9.17) is 11.6 Å². The number of phenolic OH excluding ortho intramolecular Hbond substituents is 1. The molecule has 0 amide bonds. The van der Waals surface area contributed by atoms with Crippen LogP contribution in [0.3, 0.4) is 0 Å². The first-order valence-corrected chi connectivity index (χ1v) is 4.14. The van der Waals surface area contributed by atoms with Crippen molar-refractivity contribution in [3.8, 4) is 5.75 Å². The molecule has 0 saturated heterocycles. The molecule has 2 nitrogen and oxygen atoms in total. The van der Waals surface area contributed by atoms with Gasteiger partial charge in [0.2, 0.25) is 0 Å². The normalized spacial score (nSPS) is 10.6. The molecule has 0 radical (unpaired) electrons. The second kappa shape index (κ2) is 4.10. The average molecular weight is 197 g/mol. The Hall–Kier alpha value is -1.28. The van der Waals surface area contributed by atoms with E-state index in [-0.39, 0.29) is 11.5 Å². The van der Waals surface area contributed by atoms with Gasteiger partial charge in [-0.2, -0.15) is 0 Å². The Labute approximate surface area is 81.5 Å². The molecular formula is C10H9ClO2. The van der Waals surface area contributed by atoms with Crippen LogP contribution in [0.5, 0.6) is 5.75 Å². The van der Waals surface area contributed by atoms with Crippen LogP contribution in [-0.4, -0.2) is 10.9 Å². The highest BCUT2D eigenvalue weighted by atomic mass is 35.5. The third-order valence-electron chi connectivity index (χ3n) is 1.49. The highest BCUT2D eigenvalue weighted by molar-refractivity contribution is 6.30. The molecule has 0 fully saturated rings. The largest absolute Gasteiger partial charge is 0.507 e. The molecule has 0 aliphatic heterocycles. The van der Waals surface area contributed by atoms with Gasteiger partial charge in [-0.25, -0.2) is 0 Å². The standard InChI is InChI=1S/C10H9ClO2/c1-7(12)2-3-8-6-9(11)4-5-10(8)13/h2-6,13H,1H3/b3-2+. The third kappa shape index (κ3) is 2.92. The number of halogens is 1. The lowest BCUT2D eigenvalue weighted by atomic mass is 10.2. The molecule has 0 heterocycles. The van der Waals surface area contributed by atoms with Crippen molar-refractivity contribution in [2.45, 2.75) is 6.92 Å². The average Bonchev–Trinajstić information content (AvgIpc) is 2.06. The molecule has 0 bridgehead atoms. The summed E-state index contributed by atoms with van der Waals surface area (Å²) in [5, 5.41) is 9.86. The Morgan fingerprint density at radius 2 is 2.23 bits per heavy atom. The summed E-state index contributed by atoms with van der Waals surface area (Å²) in [5.74, 6) is 0.0428. The molecule has 1 rings (SSSR count). The van der Waals surface area contributed by atoms with Crippen molar-refractivity contribution in [2.24, 2.45) is 0 Å². The van der Waals surface area contributed by atoms with E-state index in [0.29, 0.717) is 10.6 Å². The quantitative estimate of drug-likeness (QED) is 0.739. The van der Waals surface area contributed by atoms with E-state index in [1.807, 2.05) is 0 Å². The van der Waals surface area contributed by atoms with Crippen molar-refractivity contribution in [3.63, 3.8) is 0 Å². The van der Waals surface area contributed by atoms with E-state index in [1.165, 1.54) is 25.1 Å². The van der Waals surface area contributed by atoms with Gasteiger partial charge in [-0.1, -0.05) is 11.6 Å². The summed E-state index contributed by atoms with van der Waals surface area (Å²) >= 11 is 5.70. The lowest BCUT2D eigenvalue weighted by molar-refractivity contribution is -0.112. The summed E-state index contributed by atoms with van der Waals surface area (Å²) in [5.41, 5.74) is 0.544. The van der Waals surface area contributed by atoms with Gasteiger partial charge >= 0.3 is 0 Å². The molecule has 3 heteroatoms. The zero-order valence-electron chi connectivity index (χ0n) is 7.12. The zero-order chi connectivity index (χ0) is 9.84. The summed E-state index contributed by atoms with van der Waals surface area (Å²) < 4.78 is 0. The molecule has 0 aliphatic carbocycles. The van der Waals surface area contributed by atoms with Crippen LogP contribution >= 0.6 is 11.6 Å². The summed E-state index contributed by atoms with van der Waals surface area (Å²) in [6, 6.07) is 4.67. The maximum absolute atomic E-state index is 10.6. The van der Waals surface area contributed by atoms with E-state index in [0.717, 1.165) is 0 Å². The minimum atomic E-state index is -0.0700. The molecule has 0 aromatic heterocycles. The fourth-order valence-corrected chi connectivity index (χ4v) is 1.05. The number of carbonyl (C=O) groups excluding carboxylic acids is 1. The molecule has 0 atom stereocenters. The number of phenols is 1. The topological polar surface area (TPSA) is 37.3 Å². The fourth-order valence-electron chi connectivity index (χ4n) is 0.866. The summed E-state index contributed by atoms with van der Waals surface area (Å²) in [6.45, 7) is 1.44. The predicted molar refractivity (Wildman–Crippen MR) is 52.8 cm³/mol. The highest BCUT2D eigenvalue weighted by Crippen LogP contribution is 2.22. The molecule has 0 spiro atoms. The van der Waals surface area contributed by atoms with E-state index >= 15 is 0 Å². The van der Waals surface area contributed by atoms with Crippen molar-refractivity contribution >= 4 is 23.5 Å². The van der Waals surface area contributed by atoms with Crippen molar-refractivity contribution < 1.29 is 9.90 Å². The van der Waals surface area contributed by atoms with Gasteiger partial charge in [-0.05, 0) is 37.3 Å². The molecule has 0 saturated carbocycles. The minimum Gasteiger partial charge on any atom is -0.507 e. The third-order valence-corrected chi connectivity index (χ3v) is 1.72. The van der Waals surface area contributed by atoms with Crippen LogP contribution in [0, 0.1) is 0 Å². The van der Waals surface area contributed by atoms with Crippen molar-refractivity contribution in [1.29, 1.82) is 0 Å². The van der Waals surface area contributed by atoms with Crippen molar-refractivity contribution in [3.05, 3.63) is 34.9 Å². The number of ketones is 1. The molecule has 1 aromatic carbocycles. The smallest absolute Gasteiger partial charge is 0.152 e.